The lowest BCUT2D eigenvalue weighted by Gasteiger charge is -2.30. The van der Waals surface area contributed by atoms with Crippen LogP contribution in [0.3, 0.4) is 0 Å². The molecule has 0 spiro atoms. The van der Waals surface area contributed by atoms with E-state index in [0.29, 0.717) is 6.61 Å². The molecule has 1 aromatic rings. The van der Waals surface area contributed by atoms with E-state index in [0.717, 1.165) is 18.6 Å². The molecule has 0 aliphatic rings. The molecule has 0 radical (unpaired) electrons. The van der Waals surface area contributed by atoms with Crippen molar-refractivity contribution in [3.8, 4) is 5.75 Å². The van der Waals surface area contributed by atoms with Crippen LogP contribution in [-0.2, 0) is 10.8 Å². The van der Waals surface area contributed by atoms with Gasteiger partial charge in [-0.1, -0.05) is 53.7 Å². The van der Waals surface area contributed by atoms with Gasteiger partial charge in [-0.05, 0) is 42.2 Å². The third-order valence-electron chi connectivity index (χ3n) is 4.74. The standard InChI is InChI=1S/C19H32O2/c1-8-18(4,5)15-10-11-17(21-13-14(3)20)16(12-15)19(6,7)9-2/h10-12,14,20H,8-9,13H2,1-7H3/t14-/m1/s1. The van der Waals surface area contributed by atoms with Gasteiger partial charge in [0.1, 0.15) is 12.4 Å². The molecule has 1 rings (SSSR count). The van der Waals surface area contributed by atoms with Gasteiger partial charge in [-0.2, -0.15) is 0 Å². The van der Waals surface area contributed by atoms with Crippen molar-refractivity contribution in [3.05, 3.63) is 29.3 Å². The molecule has 0 unspecified atom stereocenters. The highest BCUT2D eigenvalue weighted by Gasteiger charge is 2.26. The zero-order chi connectivity index (χ0) is 16.3. The van der Waals surface area contributed by atoms with Crippen molar-refractivity contribution >= 4 is 0 Å². The van der Waals surface area contributed by atoms with E-state index in [1.165, 1.54) is 11.1 Å². The van der Waals surface area contributed by atoms with E-state index in [1.54, 1.807) is 6.92 Å². The molecule has 1 aromatic carbocycles. The van der Waals surface area contributed by atoms with Crippen molar-refractivity contribution in [2.75, 3.05) is 6.61 Å². The second kappa shape index (κ2) is 6.83. The molecule has 0 bridgehead atoms. The molecule has 0 amide bonds. The maximum Gasteiger partial charge on any atom is 0.123 e. The fraction of sp³-hybridized carbons (Fsp3) is 0.684. The third kappa shape index (κ3) is 4.47. The minimum Gasteiger partial charge on any atom is -0.491 e. The number of benzene rings is 1. The molecule has 0 aliphatic heterocycles. The quantitative estimate of drug-likeness (QED) is 0.780. The number of ether oxygens (including phenoxy) is 1. The van der Waals surface area contributed by atoms with Crippen LogP contribution >= 0.6 is 0 Å². The Balaban J connectivity index is 3.27. The molecule has 2 nitrogen and oxygen atoms in total. The van der Waals surface area contributed by atoms with Crippen LogP contribution in [-0.4, -0.2) is 17.8 Å². The molecule has 21 heavy (non-hydrogen) atoms. The van der Waals surface area contributed by atoms with Crippen molar-refractivity contribution < 1.29 is 9.84 Å². The van der Waals surface area contributed by atoms with Gasteiger partial charge < -0.3 is 9.84 Å². The molecule has 1 atom stereocenters. The minimum atomic E-state index is -0.450. The maximum absolute atomic E-state index is 9.46. The molecule has 0 heterocycles. The van der Waals surface area contributed by atoms with Crippen molar-refractivity contribution in [1.29, 1.82) is 0 Å². The van der Waals surface area contributed by atoms with Crippen LogP contribution in [0.1, 0.15) is 72.4 Å². The highest BCUT2D eigenvalue weighted by atomic mass is 16.5. The van der Waals surface area contributed by atoms with Gasteiger partial charge in [0.15, 0.2) is 0 Å². The molecule has 1 N–H and O–H groups in total. The highest BCUT2D eigenvalue weighted by Crippen LogP contribution is 2.38. The van der Waals surface area contributed by atoms with E-state index in [2.05, 4.69) is 59.7 Å². The zero-order valence-electron chi connectivity index (χ0n) is 14.8. The van der Waals surface area contributed by atoms with E-state index in [1.807, 2.05) is 0 Å². The SMILES string of the molecule is CCC(C)(C)c1ccc(OC[C@@H](C)O)c(C(C)(C)CC)c1. The normalized spacial score (nSPS) is 14.1. The van der Waals surface area contributed by atoms with Crippen molar-refractivity contribution in [2.45, 2.75) is 78.2 Å². The van der Waals surface area contributed by atoms with Gasteiger partial charge in [-0.15, -0.1) is 0 Å². The van der Waals surface area contributed by atoms with Gasteiger partial charge in [0.25, 0.3) is 0 Å². The first-order valence-corrected chi connectivity index (χ1v) is 8.10. The number of hydrogen-bond donors (Lipinski definition) is 1. The summed E-state index contributed by atoms with van der Waals surface area (Å²) in [4.78, 5) is 0. The molecule has 0 aromatic heterocycles. The first kappa shape index (κ1) is 18.0. The van der Waals surface area contributed by atoms with Gasteiger partial charge in [0.2, 0.25) is 0 Å². The predicted octanol–water partition coefficient (Wildman–Crippen LogP) is 4.82. The molecule has 0 aliphatic carbocycles. The molecular weight excluding hydrogens is 260 g/mol. The van der Waals surface area contributed by atoms with Crippen LogP contribution in [0.2, 0.25) is 0 Å². The summed E-state index contributed by atoms with van der Waals surface area (Å²) in [5, 5.41) is 9.46. The Kier molecular flexibility index (Phi) is 5.86. The Morgan fingerprint density at radius 1 is 1.05 bits per heavy atom. The topological polar surface area (TPSA) is 29.5 Å². The number of rotatable bonds is 7. The molecule has 120 valence electrons. The molecule has 0 fully saturated rings. The summed E-state index contributed by atoms with van der Waals surface area (Å²) < 4.78 is 5.84. The number of aliphatic hydroxyl groups is 1. The minimum absolute atomic E-state index is 0.0634. The van der Waals surface area contributed by atoms with Crippen LogP contribution < -0.4 is 4.74 Å². The summed E-state index contributed by atoms with van der Waals surface area (Å²) in [6.07, 6.45) is 1.70. The molecule has 0 saturated heterocycles. The third-order valence-corrected chi connectivity index (χ3v) is 4.74. The fourth-order valence-corrected chi connectivity index (χ4v) is 2.21. The Hall–Kier alpha value is -1.02. The van der Waals surface area contributed by atoms with Crippen molar-refractivity contribution in [3.63, 3.8) is 0 Å². The van der Waals surface area contributed by atoms with Crippen molar-refractivity contribution in [1.82, 2.24) is 0 Å². The highest BCUT2D eigenvalue weighted by molar-refractivity contribution is 5.44. The summed E-state index contributed by atoms with van der Waals surface area (Å²) in [6, 6.07) is 6.53. The summed E-state index contributed by atoms with van der Waals surface area (Å²) >= 11 is 0. The Labute approximate surface area is 130 Å². The predicted molar refractivity (Wildman–Crippen MR) is 90.3 cm³/mol. The van der Waals surface area contributed by atoms with Crippen LogP contribution in [0, 0.1) is 0 Å². The van der Waals surface area contributed by atoms with Crippen LogP contribution in [0.15, 0.2) is 18.2 Å². The first-order chi connectivity index (χ1) is 9.64. The molecular formula is C19H32O2. The smallest absolute Gasteiger partial charge is 0.123 e. The van der Waals surface area contributed by atoms with Crippen molar-refractivity contribution in [2.24, 2.45) is 0 Å². The average Bonchev–Trinajstić information content (AvgIpc) is 2.44. The van der Waals surface area contributed by atoms with Crippen LogP contribution in [0.25, 0.3) is 0 Å². The Morgan fingerprint density at radius 3 is 2.10 bits per heavy atom. The summed E-state index contributed by atoms with van der Waals surface area (Å²) in [7, 11) is 0. The largest absolute Gasteiger partial charge is 0.491 e. The molecule has 0 saturated carbocycles. The Morgan fingerprint density at radius 2 is 1.62 bits per heavy atom. The summed E-state index contributed by atoms with van der Waals surface area (Å²) in [5.74, 6) is 0.901. The van der Waals surface area contributed by atoms with E-state index < -0.39 is 6.10 Å². The zero-order valence-corrected chi connectivity index (χ0v) is 14.8. The lowest BCUT2D eigenvalue weighted by Crippen LogP contribution is -2.22. The molecule has 2 heteroatoms. The van der Waals surface area contributed by atoms with E-state index in [4.69, 9.17) is 4.74 Å². The Bertz CT molecular complexity index is 459. The second-order valence-corrected chi connectivity index (χ2v) is 7.35. The monoisotopic (exact) mass is 292 g/mol. The maximum atomic E-state index is 9.46. The average molecular weight is 292 g/mol. The number of aliphatic hydroxyl groups excluding tert-OH is 1. The first-order valence-electron chi connectivity index (χ1n) is 8.10. The van der Waals surface area contributed by atoms with E-state index in [-0.39, 0.29) is 10.8 Å². The van der Waals surface area contributed by atoms with Gasteiger partial charge in [0, 0.05) is 5.56 Å². The van der Waals surface area contributed by atoms with Gasteiger partial charge >= 0.3 is 0 Å². The summed E-state index contributed by atoms with van der Waals surface area (Å²) in [6.45, 7) is 15.6. The fourth-order valence-electron chi connectivity index (χ4n) is 2.21. The lowest BCUT2D eigenvalue weighted by molar-refractivity contribution is 0.121. The van der Waals surface area contributed by atoms with Crippen LogP contribution in [0.5, 0.6) is 5.75 Å². The van der Waals surface area contributed by atoms with Gasteiger partial charge in [-0.3, -0.25) is 0 Å². The lowest BCUT2D eigenvalue weighted by atomic mass is 9.76. The van der Waals surface area contributed by atoms with Gasteiger partial charge in [0.05, 0.1) is 6.10 Å². The number of hydrogen-bond acceptors (Lipinski definition) is 2. The van der Waals surface area contributed by atoms with E-state index in [9.17, 15) is 5.11 Å². The van der Waals surface area contributed by atoms with Gasteiger partial charge in [-0.25, -0.2) is 0 Å². The van der Waals surface area contributed by atoms with E-state index >= 15 is 0 Å². The van der Waals surface area contributed by atoms with Crippen LogP contribution in [0.4, 0.5) is 0 Å². The second-order valence-electron chi connectivity index (χ2n) is 7.35. The summed E-state index contributed by atoms with van der Waals surface area (Å²) in [5.41, 5.74) is 2.82.